The Morgan fingerprint density at radius 2 is 1.76 bits per heavy atom. The molecule has 8 heteroatoms. The number of hydrogen-bond acceptors (Lipinski definition) is 5. The summed E-state index contributed by atoms with van der Waals surface area (Å²) in [6.45, 7) is 3.93. The average Bonchev–Trinajstić information content (AvgIpc) is 2.91. The fraction of sp³-hybridized carbons (Fsp3) is 0.267. The molecule has 1 aromatic heterocycles. The number of aromatic nitrogens is 2. The fourth-order valence-corrected chi connectivity index (χ4v) is 4.60. The summed E-state index contributed by atoms with van der Waals surface area (Å²) in [4.78, 5) is 43.1. The largest absolute Gasteiger partial charge is 0.496 e. The maximum Gasteiger partial charge on any atom is 0.305 e. The Morgan fingerprint density at radius 1 is 1.03 bits per heavy atom. The van der Waals surface area contributed by atoms with Gasteiger partial charge in [0.15, 0.2) is 0 Å². The van der Waals surface area contributed by atoms with Gasteiger partial charge in [-0.25, -0.2) is 4.98 Å². The summed E-state index contributed by atoms with van der Waals surface area (Å²) >= 11 is 0. The van der Waals surface area contributed by atoms with Crippen molar-refractivity contribution in [2.24, 2.45) is 5.92 Å². The lowest BCUT2D eigenvalue weighted by molar-refractivity contribution is -0.138. The van der Waals surface area contributed by atoms with Crippen molar-refractivity contribution in [2.45, 2.75) is 38.8 Å². The smallest absolute Gasteiger partial charge is 0.305 e. The van der Waals surface area contributed by atoms with Crippen LogP contribution in [-0.2, 0) is 9.59 Å². The van der Waals surface area contributed by atoms with Crippen LogP contribution in [0, 0.1) is 5.92 Å². The summed E-state index contributed by atoms with van der Waals surface area (Å²) in [5.74, 6) is -0.714. The number of ether oxygens (including phenoxy) is 1. The molecule has 0 saturated heterocycles. The highest BCUT2D eigenvalue weighted by Crippen LogP contribution is 2.32. The topological polar surface area (TPSA) is 111 Å². The van der Waals surface area contributed by atoms with Crippen LogP contribution in [0.25, 0.3) is 22.0 Å². The molecule has 0 radical (unpaired) electrons. The Kier molecular flexibility index (Phi) is 8.21. The zero-order valence-electron chi connectivity index (χ0n) is 21.6. The van der Waals surface area contributed by atoms with Gasteiger partial charge in [-0.3, -0.25) is 19.0 Å². The second-order valence-electron chi connectivity index (χ2n) is 9.60. The van der Waals surface area contributed by atoms with Crippen LogP contribution >= 0.6 is 0 Å². The standard InChI is InChI=1S/C30H31N3O5/c1-19(2)15-26(33-18-31-24-13-6-4-12-23(24)30(33)37)29(36)32-25(17-28(34)35)21-10-8-9-20(16-21)22-11-5-7-14-27(22)38-3/h4-14,16,18-19,25-26H,15,17H2,1-3H3,(H,32,36)(H,34,35)/t25-,26-/m0/s1. The van der Waals surface area contributed by atoms with E-state index in [2.05, 4.69) is 10.3 Å². The molecule has 1 amide bonds. The van der Waals surface area contributed by atoms with Crippen LogP contribution in [-0.4, -0.2) is 33.6 Å². The van der Waals surface area contributed by atoms with Gasteiger partial charge in [0.2, 0.25) is 5.91 Å². The molecule has 1 heterocycles. The predicted octanol–water partition coefficient (Wildman–Crippen LogP) is 4.99. The van der Waals surface area contributed by atoms with Crippen molar-refractivity contribution < 1.29 is 19.4 Å². The number of carbonyl (C=O) groups is 2. The number of para-hydroxylation sites is 2. The molecule has 196 valence electrons. The number of carbonyl (C=O) groups excluding carboxylic acids is 1. The van der Waals surface area contributed by atoms with Crippen LogP contribution in [0.1, 0.15) is 44.3 Å². The maximum atomic E-state index is 13.7. The molecule has 8 nitrogen and oxygen atoms in total. The van der Waals surface area contributed by atoms with Crippen LogP contribution in [0.5, 0.6) is 5.75 Å². The number of nitrogens with zero attached hydrogens (tertiary/aromatic N) is 2. The molecule has 4 rings (SSSR count). The van der Waals surface area contributed by atoms with Crippen molar-refractivity contribution in [1.82, 2.24) is 14.9 Å². The lowest BCUT2D eigenvalue weighted by Gasteiger charge is -2.25. The molecule has 0 fully saturated rings. The minimum atomic E-state index is -1.05. The van der Waals surface area contributed by atoms with Crippen LogP contribution in [0.2, 0.25) is 0 Å². The number of methoxy groups -OCH3 is 1. The van der Waals surface area contributed by atoms with E-state index in [1.54, 1.807) is 37.4 Å². The van der Waals surface area contributed by atoms with E-state index in [9.17, 15) is 19.5 Å². The van der Waals surface area contributed by atoms with Gasteiger partial charge >= 0.3 is 5.97 Å². The molecule has 4 aromatic rings. The molecule has 2 N–H and O–H groups in total. The van der Waals surface area contributed by atoms with Crippen LogP contribution in [0.15, 0.2) is 83.9 Å². The lowest BCUT2D eigenvalue weighted by atomic mass is 9.96. The molecular formula is C30H31N3O5. The van der Waals surface area contributed by atoms with Crippen molar-refractivity contribution >= 4 is 22.8 Å². The Bertz CT molecular complexity index is 1510. The number of amides is 1. The predicted molar refractivity (Wildman–Crippen MR) is 146 cm³/mol. The Hall–Kier alpha value is -4.46. The van der Waals surface area contributed by atoms with E-state index in [0.717, 1.165) is 11.1 Å². The molecule has 0 unspecified atom stereocenters. The SMILES string of the molecule is COc1ccccc1-c1cccc([C@H](CC(=O)O)NC(=O)[C@H](CC(C)C)n2cnc3ccccc3c2=O)c1. The molecule has 2 atom stereocenters. The van der Waals surface area contributed by atoms with Gasteiger partial charge in [0.05, 0.1) is 36.8 Å². The number of rotatable bonds is 10. The summed E-state index contributed by atoms with van der Waals surface area (Å²) in [5.41, 5.74) is 2.55. The number of aliphatic carboxylic acids is 1. The molecule has 0 spiro atoms. The zero-order chi connectivity index (χ0) is 27.2. The van der Waals surface area contributed by atoms with Gasteiger partial charge in [-0.15, -0.1) is 0 Å². The lowest BCUT2D eigenvalue weighted by Crippen LogP contribution is -2.40. The molecule has 0 aliphatic carbocycles. The minimum Gasteiger partial charge on any atom is -0.496 e. The normalized spacial score (nSPS) is 12.7. The molecule has 0 bridgehead atoms. The van der Waals surface area contributed by atoms with Crippen molar-refractivity contribution in [3.05, 3.63) is 95.0 Å². The van der Waals surface area contributed by atoms with Gasteiger partial charge < -0.3 is 15.2 Å². The summed E-state index contributed by atoms with van der Waals surface area (Å²) in [7, 11) is 1.59. The first kappa shape index (κ1) is 26.6. The second kappa shape index (κ2) is 11.7. The number of hydrogen-bond donors (Lipinski definition) is 2. The van der Waals surface area contributed by atoms with Gasteiger partial charge in [-0.05, 0) is 47.7 Å². The number of nitrogens with one attached hydrogen (secondary N) is 1. The monoisotopic (exact) mass is 513 g/mol. The van der Waals surface area contributed by atoms with Crippen LogP contribution < -0.4 is 15.6 Å². The molecule has 38 heavy (non-hydrogen) atoms. The first-order valence-electron chi connectivity index (χ1n) is 12.5. The van der Waals surface area contributed by atoms with Gasteiger partial charge in [-0.1, -0.05) is 62.4 Å². The summed E-state index contributed by atoms with van der Waals surface area (Å²) < 4.78 is 6.83. The van der Waals surface area contributed by atoms with E-state index < -0.39 is 24.0 Å². The first-order valence-corrected chi connectivity index (χ1v) is 12.5. The van der Waals surface area contributed by atoms with Crippen LogP contribution in [0.4, 0.5) is 0 Å². The molecular weight excluding hydrogens is 482 g/mol. The second-order valence-corrected chi connectivity index (χ2v) is 9.60. The van der Waals surface area contributed by atoms with Gasteiger partial charge in [0, 0.05) is 5.56 Å². The number of carboxylic acids is 1. The van der Waals surface area contributed by atoms with E-state index in [0.29, 0.717) is 28.6 Å². The Labute approximate surface area is 220 Å². The van der Waals surface area contributed by atoms with E-state index in [1.165, 1.54) is 10.9 Å². The van der Waals surface area contributed by atoms with Crippen molar-refractivity contribution in [2.75, 3.05) is 7.11 Å². The van der Waals surface area contributed by atoms with E-state index in [1.807, 2.05) is 56.3 Å². The quantitative estimate of drug-likeness (QED) is 0.309. The highest BCUT2D eigenvalue weighted by atomic mass is 16.5. The third kappa shape index (κ3) is 5.91. The van der Waals surface area contributed by atoms with Gasteiger partial charge in [-0.2, -0.15) is 0 Å². The average molecular weight is 514 g/mol. The first-order chi connectivity index (χ1) is 18.3. The third-order valence-electron chi connectivity index (χ3n) is 6.43. The number of fused-ring (bicyclic) bond motifs is 1. The van der Waals surface area contributed by atoms with Crippen LogP contribution in [0.3, 0.4) is 0 Å². The number of carboxylic acid groups (broad SMARTS) is 1. The van der Waals surface area contributed by atoms with Gasteiger partial charge in [0.25, 0.3) is 5.56 Å². The fourth-order valence-electron chi connectivity index (χ4n) is 4.60. The van der Waals surface area contributed by atoms with Gasteiger partial charge in [0.1, 0.15) is 11.8 Å². The zero-order valence-corrected chi connectivity index (χ0v) is 21.6. The highest BCUT2D eigenvalue weighted by molar-refractivity contribution is 5.83. The highest BCUT2D eigenvalue weighted by Gasteiger charge is 2.27. The molecule has 3 aromatic carbocycles. The van der Waals surface area contributed by atoms with E-state index in [-0.39, 0.29) is 17.9 Å². The Balaban J connectivity index is 1.70. The molecule has 0 saturated carbocycles. The molecule has 0 aliphatic rings. The summed E-state index contributed by atoms with van der Waals surface area (Å²) in [5, 5.41) is 13.0. The van der Waals surface area contributed by atoms with E-state index >= 15 is 0 Å². The van der Waals surface area contributed by atoms with E-state index in [4.69, 9.17) is 4.74 Å². The van der Waals surface area contributed by atoms with Crippen molar-refractivity contribution in [3.8, 4) is 16.9 Å². The third-order valence-corrected chi connectivity index (χ3v) is 6.43. The summed E-state index contributed by atoms with van der Waals surface area (Å²) in [6.07, 6.45) is 1.46. The maximum absolute atomic E-state index is 13.7. The number of benzene rings is 3. The van der Waals surface area contributed by atoms with Crippen molar-refractivity contribution in [3.63, 3.8) is 0 Å². The summed E-state index contributed by atoms with van der Waals surface area (Å²) in [6, 6.07) is 20.2. The Morgan fingerprint density at radius 3 is 2.50 bits per heavy atom. The molecule has 0 aliphatic heterocycles. The minimum absolute atomic E-state index is 0.0934. The van der Waals surface area contributed by atoms with Crippen molar-refractivity contribution in [1.29, 1.82) is 0 Å².